The van der Waals surface area contributed by atoms with Gasteiger partial charge in [-0.2, -0.15) is 0 Å². The monoisotopic (exact) mass is 272 g/mol. The van der Waals surface area contributed by atoms with Crippen molar-refractivity contribution in [2.24, 2.45) is 0 Å². The fourth-order valence-corrected chi connectivity index (χ4v) is 2.56. The molecule has 0 fully saturated rings. The highest BCUT2D eigenvalue weighted by Crippen LogP contribution is 2.23. The van der Waals surface area contributed by atoms with E-state index in [9.17, 15) is 0 Å². The van der Waals surface area contributed by atoms with Crippen molar-refractivity contribution in [3.05, 3.63) is 26.5 Å². The summed E-state index contributed by atoms with van der Waals surface area (Å²) in [5, 5.41) is 9.80. The third kappa shape index (κ3) is 1.67. The van der Waals surface area contributed by atoms with Crippen molar-refractivity contribution in [3.63, 3.8) is 0 Å². The third-order valence-electron chi connectivity index (χ3n) is 2.00. The molecule has 0 saturated heterocycles. The number of halogens is 1. The number of nitrogen functional groups attached to an aromatic ring is 1. The second-order valence-electron chi connectivity index (χ2n) is 2.91. The largest absolute Gasteiger partial charge is 0.381 e. The summed E-state index contributed by atoms with van der Waals surface area (Å²) in [4.78, 5) is 1.22. The van der Waals surface area contributed by atoms with Gasteiger partial charge in [0.15, 0.2) is 5.82 Å². The van der Waals surface area contributed by atoms with Crippen molar-refractivity contribution >= 4 is 33.1 Å². The van der Waals surface area contributed by atoms with Crippen molar-refractivity contribution in [2.75, 3.05) is 5.73 Å². The molecule has 2 aromatic rings. The lowest BCUT2D eigenvalue weighted by molar-refractivity contribution is 0.638. The number of hydrogen-bond acceptors (Lipinski definition) is 4. The van der Waals surface area contributed by atoms with Crippen molar-refractivity contribution < 1.29 is 0 Å². The molecular formula is C8H9BrN4S. The van der Waals surface area contributed by atoms with Crippen LogP contribution < -0.4 is 5.73 Å². The maximum absolute atomic E-state index is 5.60. The van der Waals surface area contributed by atoms with E-state index in [0.717, 1.165) is 10.2 Å². The van der Waals surface area contributed by atoms with Crippen molar-refractivity contribution in [1.29, 1.82) is 0 Å². The number of nitrogens with zero attached hydrogens (tertiary/aromatic N) is 3. The molecule has 2 heterocycles. The van der Waals surface area contributed by atoms with Crippen LogP contribution >= 0.6 is 27.3 Å². The Labute approximate surface area is 93.9 Å². The lowest BCUT2D eigenvalue weighted by Gasteiger charge is -2.01. The molecule has 0 aliphatic carbocycles. The lowest BCUT2D eigenvalue weighted by Crippen LogP contribution is -2.03. The Morgan fingerprint density at radius 3 is 2.93 bits per heavy atom. The van der Waals surface area contributed by atoms with Crippen LogP contribution in [0.25, 0.3) is 0 Å². The van der Waals surface area contributed by atoms with Gasteiger partial charge in [-0.25, -0.2) is 4.68 Å². The zero-order valence-electron chi connectivity index (χ0n) is 7.57. The van der Waals surface area contributed by atoms with E-state index in [0.29, 0.717) is 12.4 Å². The molecule has 0 amide bonds. The highest BCUT2D eigenvalue weighted by atomic mass is 79.9. The Hall–Kier alpha value is -0.880. The molecule has 4 nitrogen and oxygen atoms in total. The van der Waals surface area contributed by atoms with E-state index in [4.69, 9.17) is 5.73 Å². The summed E-state index contributed by atoms with van der Waals surface area (Å²) in [6.45, 7) is 2.63. The van der Waals surface area contributed by atoms with Crippen molar-refractivity contribution in [1.82, 2.24) is 15.0 Å². The molecule has 74 valence electrons. The average Bonchev–Trinajstić information content (AvgIpc) is 2.68. The van der Waals surface area contributed by atoms with E-state index < -0.39 is 0 Å². The topological polar surface area (TPSA) is 56.7 Å². The minimum Gasteiger partial charge on any atom is -0.381 e. The van der Waals surface area contributed by atoms with E-state index in [-0.39, 0.29) is 0 Å². The van der Waals surface area contributed by atoms with Gasteiger partial charge in [0.05, 0.1) is 12.2 Å². The van der Waals surface area contributed by atoms with Crippen molar-refractivity contribution in [2.45, 2.75) is 13.5 Å². The molecule has 0 bridgehead atoms. The molecule has 0 saturated carbocycles. The second kappa shape index (κ2) is 3.70. The summed E-state index contributed by atoms with van der Waals surface area (Å²) < 4.78 is 2.90. The van der Waals surface area contributed by atoms with Gasteiger partial charge in [0.2, 0.25) is 0 Å². The molecule has 0 atom stereocenters. The van der Waals surface area contributed by atoms with E-state index >= 15 is 0 Å². The number of aromatic nitrogens is 3. The first-order valence-electron chi connectivity index (χ1n) is 4.06. The van der Waals surface area contributed by atoms with Gasteiger partial charge < -0.3 is 5.73 Å². The first-order chi connectivity index (χ1) is 6.68. The van der Waals surface area contributed by atoms with Crippen LogP contribution in [0.2, 0.25) is 0 Å². The standard InChI is InChI=1S/C8H9BrN4S/c1-5-8(10)11-12-13(5)4-7-6(9)2-3-14-7/h2-3H,4,10H2,1H3. The summed E-state index contributed by atoms with van der Waals surface area (Å²) in [7, 11) is 0. The number of anilines is 1. The maximum Gasteiger partial charge on any atom is 0.168 e. The SMILES string of the molecule is Cc1c(N)nnn1Cc1sccc1Br. The molecule has 0 unspecified atom stereocenters. The quantitative estimate of drug-likeness (QED) is 0.911. The smallest absolute Gasteiger partial charge is 0.168 e. The van der Waals surface area contributed by atoms with Crippen LogP contribution in [0, 0.1) is 6.92 Å². The Bertz CT molecular complexity index is 448. The van der Waals surface area contributed by atoms with Crippen LogP contribution in [0.4, 0.5) is 5.82 Å². The molecule has 2 N–H and O–H groups in total. The molecule has 6 heteroatoms. The Balaban J connectivity index is 2.27. The number of thiophene rings is 1. The highest BCUT2D eigenvalue weighted by molar-refractivity contribution is 9.10. The summed E-state index contributed by atoms with van der Waals surface area (Å²) >= 11 is 5.16. The molecule has 0 radical (unpaired) electrons. The number of rotatable bonds is 2. The maximum atomic E-state index is 5.60. The van der Waals surface area contributed by atoms with Gasteiger partial charge in [-0.1, -0.05) is 5.21 Å². The molecule has 0 aliphatic heterocycles. The van der Waals surface area contributed by atoms with E-state index in [1.807, 2.05) is 18.4 Å². The summed E-state index contributed by atoms with van der Waals surface area (Å²) in [5.74, 6) is 0.498. The first-order valence-corrected chi connectivity index (χ1v) is 5.73. The average molecular weight is 273 g/mol. The fourth-order valence-electron chi connectivity index (χ4n) is 1.10. The molecular weight excluding hydrogens is 264 g/mol. The number of nitrogens with two attached hydrogens (primary N) is 1. The summed E-state index contributed by atoms with van der Waals surface area (Å²) in [5.41, 5.74) is 6.51. The summed E-state index contributed by atoms with van der Waals surface area (Å²) in [6.07, 6.45) is 0. The van der Waals surface area contributed by atoms with Crippen LogP contribution in [0.5, 0.6) is 0 Å². The Morgan fingerprint density at radius 2 is 2.43 bits per heavy atom. The molecule has 0 aromatic carbocycles. The normalized spacial score (nSPS) is 10.7. The van der Waals surface area contributed by atoms with Crippen LogP contribution in [-0.4, -0.2) is 15.0 Å². The van der Waals surface area contributed by atoms with E-state index in [1.54, 1.807) is 16.0 Å². The second-order valence-corrected chi connectivity index (χ2v) is 4.76. The Kier molecular flexibility index (Phi) is 2.56. The zero-order valence-corrected chi connectivity index (χ0v) is 9.97. The predicted molar refractivity (Wildman–Crippen MR) is 60.3 cm³/mol. The van der Waals surface area contributed by atoms with Gasteiger partial charge in [-0.15, -0.1) is 16.4 Å². The minimum absolute atomic E-state index is 0.498. The van der Waals surface area contributed by atoms with Crippen LogP contribution in [-0.2, 0) is 6.54 Å². The van der Waals surface area contributed by atoms with Gasteiger partial charge >= 0.3 is 0 Å². The first kappa shape index (κ1) is 9.67. The molecule has 2 aromatic heterocycles. The minimum atomic E-state index is 0.498. The van der Waals surface area contributed by atoms with Gasteiger partial charge in [0, 0.05) is 9.35 Å². The van der Waals surface area contributed by atoms with E-state index in [2.05, 4.69) is 26.2 Å². The van der Waals surface area contributed by atoms with Crippen LogP contribution in [0.15, 0.2) is 15.9 Å². The molecule has 2 rings (SSSR count). The highest BCUT2D eigenvalue weighted by Gasteiger charge is 2.07. The van der Waals surface area contributed by atoms with Crippen LogP contribution in [0.3, 0.4) is 0 Å². The Morgan fingerprint density at radius 1 is 1.64 bits per heavy atom. The van der Waals surface area contributed by atoms with Gasteiger partial charge in [-0.05, 0) is 34.3 Å². The predicted octanol–water partition coefficient (Wildman–Crippen LogP) is 2.04. The summed E-state index contributed by atoms with van der Waals surface area (Å²) in [6, 6.07) is 2.02. The third-order valence-corrected chi connectivity index (χ3v) is 3.91. The molecule has 0 aliphatic rings. The zero-order chi connectivity index (χ0) is 10.1. The number of hydrogen-bond donors (Lipinski definition) is 1. The van der Waals surface area contributed by atoms with Gasteiger partial charge in [0.25, 0.3) is 0 Å². The van der Waals surface area contributed by atoms with Crippen LogP contribution in [0.1, 0.15) is 10.6 Å². The fraction of sp³-hybridized carbons (Fsp3) is 0.250. The molecule has 0 spiro atoms. The van der Waals surface area contributed by atoms with Gasteiger partial charge in [0.1, 0.15) is 0 Å². The van der Waals surface area contributed by atoms with Crippen molar-refractivity contribution in [3.8, 4) is 0 Å². The molecule has 14 heavy (non-hydrogen) atoms. The van der Waals surface area contributed by atoms with Gasteiger partial charge in [-0.3, -0.25) is 0 Å². The lowest BCUT2D eigenvalue weighted by atomic mass is 10.4. The van der Waals surface area contributed by atoms with E-state index in [1.165, 1.54) is 4.88 Å².